The minimum atomic E-state index is 0.497. The van der Waals surface area contributed by atoms with Gasteiger partial charge < -0.3 is 5.73 Å². The molecule has 1 aromatic carbocycles. The normalized spacial score (nSPS) is 12.6. The Labute approximate surface area is 123 Å². The highest BCUT2D eigenvalue weighted by Gasteiger charge is 2.15. The maximum Gasteiger partial charge on any atom is 0.153 e. The maximum atomic E-state index is 6.07. The number of aromatic nitrogens is 2. The van der Waals surface area contributed by atoms with Crippen molar-refractivity contribution in [2.24, 2.45) is 5.92 Å². The molecule has 0 fully saturated rings. The van der Waals surface area contributed by atoms with Crippen molar-refractivity contribution in [1.82, 2.24) is 10.2 Å². The molecule has 1 heterocycles. The number of nitrogens with zero attached hydrogens (tertiary/aromatic N) is 1. The molecule has 2 rings (SSSR count). The summed E-state index contributed by atoms with van der Waals surface area (Å²) in [6.45, 7) is 4.37. The SMILES string of the molecule is CCC(C)Cc1[nH]nc(N)c1-c1ccc(Cl)c(Cl)c1. The maximum absolute atomic E-state index is 6.07. The molecule has 3 nitrogen and oxygen atoms in total. The highest BCUT2D eigenvalue weighted by Crippen LogP contribution is 2.33. The standard InChI is InChI=1S/C14H17Cl2N3/c1-3-8(2)6-12-13(14(17)19-18-12)9-4-5-10(15)11(16)7-9/h4-5,7-8H,3,6H2,1-2H3,(H3,17,18,19). The quantitative estimate of drug-likeness (QED) is 0.869. The molecule has 1 aromatic heterocycles. The lowest BCUT2D eigenvalue weighted by molar-refractivity contribution is 0.552. The molecular weight excluding hydrogens is 281 g/mol. The molecule has 0 aliphatic carbocycles. The number of rotatable bonds is 4. The predicted octanol–water partition coefficient (Wildman–Crippen LogP) is 4.55. The predicted molar refractivity (Wildman–Crippen MR) is 81.6 cm³/mol. The van der Waals surface area contributed by atoms with Crippen molar-refractivity contribution in [1.29, 1.82) is 0 Å². The average molecular weight is 298 g/mol. The Hall–Kier alpha value is -1.19. The molecule has 0 spiro atoms. The summed E-state index contributed by atoms with van der Waals surface area (Å²) in [6.07, 6.45) is 2.02. The number of aromatic amines is 1. The van der Waals surface area contributed by atoms with Gasteiger partial charge in [-0.1, -0.05) is 49.5 Å². The lowest BCUT2D eigenvalue weighted by atomic mass is 9.97. The van der Waals surface area contributed by atoms with Crippen molar-refractivity contribution in [3.8, 4) is 11.1 Å². The average Bonchev–Trinajstić information content (AvgIpc) is 2.74. The smallest absolute Gasteiger partial charge is 0.153 e. The summed E-state index contributed by atoms with van der Waals surface area (Å²) in [5.74, 6) is 1.07. The van der Waals surface area contributed by atoms with Gasteiger partial charge in [-0.15, -0.1) is 0 Å². The van der Waals surface area contributed by atoms with E-state index in [9.17, 15) is 0 Å². The molecule has 0 aliphatic rings. The zero-order chi connectivity index (χ0) is 14.0. The molecule has 102 valence electrons. The van der Waals surface area contributed by atoms with E-state index in [-0.39, 0.29) is 0 Å². The molecular formula is C14H17Cl2N3. The number of H-pyrrole nitrogens is 1. The monoisotopic (exact) mass is 297 g/mol. The summed E-state index contributed by atoms with van der Waals surface area (Å²) >= 11 is 12.0. The third-order valence-electron chi connectivity index (χ3n) is 3.33. The van der Waals surface area contributed by atoms with Gasteiger partial charge in [0.25, 0.3) is 0 Å². The van der Waals surface area contributed by atoms with E-state index in [1.54, 1.807) is 6.07 Å². The number of nitrogens with two attached hydrogens (primary N) is 1. The largest absolute Gasteiger partial charge is 0.382 e. The van der Waals surface area contributed by atoms with Crippen molar-refractivity contribution in [2.75, 3.05) is 5.73 Å². The van der Waals surface area contributed by atoms with Crippen LogP contribution in [0.2, 0.25) is 10.0 Å². The number of hydrogen-bond donors (Lipinski definition) is 2. The first kappa shape index (κ1) is 14.2. The van der Waals surface area contributed by atoms with Crippen LogP contribution in [0.4, 0.5) is 5.82 Å². The fourth-order valence-corrected chi connectivity index (χ4v) is 2.31. The Morgan fingerprint density at radius 2 is 2.05 bits per heavy atom. The molecule has 0 saturated carbocycles. The van der Waals surface area contributed by atoms with E-state index in [0.29, 0.717) is 21.8 Å². The number of hydrogen-bond acceptors (Lipinski definition) is 2. The summed E-state index contributed by atoms with van der Waals surface area (Å²) in [6, 6.07) is 5.51. The lowest BCUT2D eigenvalue weighted by Gasteiger charge is -2.09. The number of nitrogen functional groups attached to an aromatic ring is 1. The van der Waals surface area contributed by atoms with Crippen molar-refractivity contribution in [3.63, 3.8) is 0 Å². The molecule has 0 bridgehead atoms. The van der Waals surface area contributed by atoms with Crippen LogP contribution in [0.15, 0.2) is 18.2 Å². The van der Waals surface area contributed by atoms with Crippen LogP contribution >= 0.6 is 23.2 Å². The van der Waals surface area contributed by atoms with Gasteiger partial charge in [-0.25, -0.2) is 0 Å². The van der Waals surface area contributed by atoms with Gasteiger partial charge in [-0.3, -0.25) is 5.10 Å². The number of halogens is 2. The van der Waals surface area contributed by atoms with Gasteiger partial charge in [0.2, 0.25) is 0 Å². The van der Waals surface area contributed by atoms with Crippen molar-refractivity contribution >= 4 is 29.0 Å². The molecule has 19 heavy (non-hydrogen) atoms. The van der Waals surface area contributed by atoms with Crippen LogP contribution < -0.4 is 5.73 Å². The third-order valence-corrected chi connectivity index (χ3v) is 4.07. The second-order valence-electron chi connectivity index (χ2n) is 4.81. The minimum absolute atomic E-state index is 0.497. The Morgan fingerprint density at radius 3 is 2.68 bits per heavy atom. The number of nitrogens with one attached hydrogen (secondary N) is 1. The van der Waals surface area contributed by atoms with Crippen LogP contribution in [0.1, 0.15) is 26.0 Å². The topological polar surface area (TPSA) is 54.7 Å². The second-order valence-corrected chi connectivity index (χ2v) is 5.62. The Bertz CT molecular complexity index is 578. The highest BCUT2D eigenvalue weighted by atomic mass is 35.5. The van der Waals surface area contributed by atoms with Gasteiger partial charge in [0.1, 0.15) is 0 Å². The fraction of sp³-hybridized carbons (Fsp3) is 0.357. The van der Waals surface area contributed by atoms with E-state index in [0.717, 1.165) is 29.7 Å². The zero-order valence-corrected chi connectivity index (χ0v) is 12.5. The summed E-state index contributed by atoms with van der Waals surface area (Å²) < 4.78 is 0. The summed E-state index contributed by atoms with van der Waals surface area (Å²) in [5.41, 5.74) is 8.88. The first-order valence-electron chi connectivity index (χ1n) is 6.31. The first-order valence-corrected chi connectivity index (χ1v) is 7.06. The third kappa shape index (κ3) is 3.04. The van der Waals surface area contributed by atoms with Crippen LogP contribution in [0.3, 0.4) is 0 Å². The van der Waals surface area contributed by atoms with Crippen LogP contribution in [0.5, 0.6) is 0 Å². The van der Waals surface area contributed by atoms with E-state index >= 15 is 0 Å². The van der Waals surface area contributed by atoms with E-state index in [1.807, 2.05) is 12.1 Å². The van der Waals surface area contributed by atoms with Gasteiger partial charge in [-0.05, 0) is 30.0 Å². The zero-order valence-electron chi connectivity index (χ0n) is 11.0. The molecule has 3 N–H and O–H groups in total. The lowest BCUT2D eigenvalue weighted by Crippen LogP contribution is -2.00. The van der Waals surface area contributed by atoms with Gasteiger partial charge in [0.15, 0.2) is 5.82 Å². The first-order chi connectivity index (χ1) is 9.02. The van der Waals surface area contributed by atoms with E-state index in [1.165, 1.54) is 0 Å². The highest BCUT2D eigenvalue weighted by molar-refractivity contribution is 6.42. The molecule has 0 amide bonds. The van der Waals surface area contributed by atoms with Gasteiger partial charge >= 0.3 is 0 Å². The molecule has 0 radical (unpaired) electrons. The molecule has 1 atom stereocenters. The molecule has 0 aliphatic heterocycles. The van der Waals surface area contributed by atoms with Gasteiger partial charge in [-0.2, -0.15) is 5.10 Å². The van der Waals surface area contributed by atoms with Gasteiger partial charge in [0.05, 0.1) is 10.0 Å². The van der Waals surface area contributed by atoms with Crippen LogP contribution in [-0.2, 0) is 6.42 Å². The van der Waals surface area contributed by atoms with Crippen molar-refractivity contribution in [3.05, 3.63) is 33.9 Å². The van der Waals surface area contributed by atoms with E-state index < -0.39 is 0 Å². The summed E-state index contributed by atoms with van der Waals surface area (Å²) in [4.78, 5) is 0. The molecule has 2 aromatic rings. The second kappa shape index (κ2) is 5.85. The Balaban J connectivity index is 2.43. The van der Waals surface area contributed by atoms with Crippen molar-refractivity contribution < 1.29 is 0 Å². The Morgan fingerprint density at radius 1 is 1.32 bits per heavy atom. The molecule has 0 saturated heterocycles. The van der Waals surface area contributed by atoms with Crippen LogP contribution in [0, 0.1) is 5.92 Å². The van der Waals surface area contributed by atoms with E-state index in [2.05, 4.69) is 24.0 Å². The summed E-state index contributed by atoms with van der Waals surface area (Å²) in [5, 5.41) is 8.19. The molecule has 5 heteroatoms. The minimum Gasteiger partial charge on any atom is -0.382 e. The fourth-order valence-electron chi connectivity index (χ4n) is 2.01. The summed E-state index contributed by atoms with van der Waals surface area (Å²) in [7, 11) is 0. The Kier molecular flexibility index (Phi) is 4.38. The van der Waals surface area contributed by atoms with Crippen molar-refractivity contribution in [2.45, 2.75) is 26.7 Å². The number of benzene rings is 1. The van der Waals surface area contributed by atoms with Crippen LogP contribution in [0.25, 0.3) is 11.1 Å². The van der Waals surface area contributed by atoms with E-state index in [4.69, 9.17) is 28.9 Å². The van der Waals surface area contributed by atoms with Crippen LogP contribution in [-0.4, -0.2) is 10.2 Å². The van der Waals surface area contributed by atoms with Gasteiger partial charge in [0, 0.05) is 11.3 Å². The number of anilines is 1. The molecule has 1 unspecified atom stereocenters.